The first-order valence-corrected chi connectivity index (χ1v) is 5.75. The number of aromatic nitrogens is 2. The third-order valence-corrected chi connectivity index (χ3v) is 2.45. The van der Waals surface area contributed by atoms with Crippen molar-refractivity contribution in [1.29, 1.82) is 0 Å². The molecule has 0 fully saturated rings. The molecule has 1 aromatic carbocycles. The lowest BCUT2D eigenvalue weighted by atomic mass is 10.2. The van der Waals surface area contributed by atoms with E-state index in [-0.39, 0.29) is 12.5 Å². The first-order valence-electron chi connectivity index (χ1n) is 5.75. The summed E-state index contributed by atoms with van der Waals surface area (Å²) in [4.78, 5) is 11.6. The number of anilines is 1. The molecule has 0 saturated carbocycles. The Morgan fingerprint density at radius 3 is 2.89 bits per heavy atom. The maximum atomic E-state index is 11.6. The van der Waals surface area contributed by atoms with Crippen molar-refractivity contribution in [3.63, 3.8) is 0 Å². The molecule has 6 heteroatoms. The Kier molecular flexibility index (Phi) is 4.02. The summed E-state index contributed by atoms with van der Waals surface area (Å²) in [5.74, 6) is 1.40. The number of nitrogens with zero attached hydrogens (tertiary/aromatic N) is 1. The molecular formula is C13H15N3O3. The fourth-order valence-electron chi connectivity index (χ4n) is 1.55. The van der Waals surface area contributed by atoms with E-state index in [1.54, 1.807) is 25.4 Å². The number of aryl methyl sites for hydroxylation is 1. The molecule has 0 spiro atoms. The summed E-state index contributed by atoms with van der Waals surface area (Å²) in [6.45, 7) is 1.86. The van der Waals surface area contributed by atoms with E-state index >= 15 is 0 Å². The number of ether oxygens (including phenoxy) is 2. The zero-order valence-corrected chi connectivity index (χ0v) is 10.8. The van der Waals surface area contributed by atoms with Gasteiger partial charge in [-0.05, 0) is 24.6 Å². The first-order chi connectivity index (χ1) is 9.19. The zero-order valence-electron chi connectivity index (χ0n) is 10.8. The molecule has 0 atom stereocenters. The molecule has 0 aliphatic heterocycles. The number of amides is 1. The molecule has 100 valence electrons. The summed E-state index contributed by atoms with van der Waals surface area (Å²) in [5.41, 5.74) is 1.06. The number of methoxy groups -OCH3 is 1. The fraction of sp³-hybridized carbons (Fsp3) is 0.231. The van der Waals surface area contributed by atoms with Gasteiger partial charge < -0.3 is 14.8 Å². The van der Waals surface area contributed by atoms with Crippen LogP contribution in [0.2, 0.25) is 0 Å². The van der Waals surface area contributed by atoms with E-state index in [0.29, 0.717) is 17.3 Å². The quantitative estimate of drug-likeness (QED) is 0.859. The van der Waals surface area contributed by atoms with Crippen molar-refractivity contribution < 1.29 is 14.3 Å². The van der Waals surface area contributed by atoms with E-state index in [0.717, 1.165) is 5.56 Å². The number of carbonyl (C=O) groups is 1. The summed E-state index contributed by atoms with van der Waals surface area (Å²) < 4.78 is 10.6. The minimum atomic E-state index is -0.271. The number of hydrogen-bond donors (Lipinski definition) is 2. The first kappa shape index (κ1) is 12.9. The Labute approximate surface area is 110 Å². The summed E-state index contributed by atoms with van der Waals surface area (Å²) in [6.07, 6.45) is 1.56. The topological polar surface area (TPSA) is 76.2 Å². The Morgan fingerprint density at radius 1 is 1.37 bits per heavy atom. The number of rotatable bonds is 5. The van der Waals surface area contributed by atoms with Crippen LogP contribution in [0.5, 0.6) is 11.5 Å². The summed E-state index contributed by atoms with van der Waals surface area (Å²) in [7, 11) is 1.56. The zero-order chi connectivity index (χ0) is 13.7. The van der Waals surface area contributed by atoms with Crippen molar-refractivity contribution in [1.82, 2.24) is 10.2 Å². The number of hydrogen-bond acceptors (Lipinski definition) is 4. The molecule has 0 unspecified atom stereocenters. The highest BCUT2D eigenvalue weighted by molar-refractivity contribution is 5.90. The van der Waals surface area contributed by atoms with Gasteiger partial charge in [0.15, 0.2) is 18.1 Å². The van der Waals surface area contributed by atoms with Crippen molar-refractivity contribution in [3.05, 3.63) is 36.0 Å². The van der Waals surface area contributed by atoms with Gasteiger partial charge in [0.25, 0.3) is 5.91 Å². The van der Waals surface area contributed by atoms with E-state index in [9.17, 15) is 4.79 Å². The molecule has 2 N–H and O–H groups in total. The maximum Gasteiger partial charge on any atom is 0.263 e. The number of aromatic amines is 1. The highest BCUT2D eigenvalue weighted by atomic mass is 16.5. The Balaban J connectivity index is 1.93. The second-order valence-electron chi connectivity index (χ2n) is 3.96. The number of nitrogens with one attached hydrogen (secondary N) is 2. The predicted octanol–water partition coefficient (Wildman–Crippen LogP) is 1.74. The van der Waals surface area contributed by atoms with Gasteiger partial charge in [0.05, 0.1) is 13.3 Å². The van der Waals surface area contributed by atoms with E-state index < -0.39 is 0 Å². The molecule has 19 heavy (non-hydrogen) atoms. The van der Waals surface area contributed by atoms with Crippen molar-refractivity contribution in [3.8, 4) is 11.5 Å². The standard InChI is InChI=1S/C13H15N3O3/c1-9-3-4-10(11(7-9)18-2)19-8-13(17)15-12-5-6-14-16-12/h3-7H,8H2,1-2H3,(H2,14,15,16,17). The van der Waals surface area contributed by atoms with Gasteiger partial charge in [0.2, 0.25) is 0 Å². The van der Waals surface area contributed by atoms with Gasteiger partial charge in [0, 0.05) is 6.07 Å². The van der Waals surface area contributed by atoms with Gasteiger partial charge in [-0.1, -0.05) is 6.07 Å². The molecule has 6 nitrogen and oxygen atoms in total. The average Bonchev–Trinajstić information content (AvgIpc) is 2.90. The Hall–Kier alpha value is -2.50. The largest absolute Gasteiger partial charge is 0.493 e. The van der Waals surface area contributed by atoms with Gasteiger partial charge in [0.1, 0.15) is 5.82 Å². The highest BCUT2D eigenvalue weighted by Crippen LogP contribution is 2.27. The molecule has 1 heterocycles. The van der Waals surface area contributed by atoms with Crippen molar-refractivity contribution in [2.75, 3.05) is 19.0 Å². The fourth-order valence-corrected chi connectivity index (χ4v) is 1.55. The van der Waals surface area contributed by atoms with Crippen molar-refractivity contribution >= 4 is 11.7 Å². The highest BCUT2D eigenvalue weighted by Gasteiger charge is 2.08. The predicted molar refractivity (Wildman–Crippen MR) is 70.4 cm³/mol. The molecule has 1 amide bonds. The maximum absolute atomic E-state index is 11.6. The normalized spacial score (nSPS) is 10.0. The van der Waals surface area contributed by atoms with Crippen LogP contribution in [-0.2, 0) is 4.79 Å². The smallest absolute Gasteiger partial charge is 0.263 e. The molecule has 1 aromatic heterocycles. The number of carbonyl (C=O) groups excluding carboxylic acids is 1. The van der Waals surface area contributed by atoms with Crippen LogP contribution in [0.15, 0.2) is 30.5 Å². The van der Waals surface area contributed by atoms with Crippen LogP contribution in [-0.4, -0.2) is 29.8 Å². The minimum absolute atomic E-state index is 0.0988. The van der Waals surface area contributed by atoms with Gasteiger partial charge in [-0.3, -0.25) is 9.89 Å². The molecule has 2 aromatic rings. The van der Waals surface area contributed by atoms with Crippen molar-refractivity contribution in [2.24, 2.45) is 0 Å². The second kappa shape index (κ2) is 5.90. The second-order valence-corrected chi connectivity index (χ2v) is 3.96. The molecule has 0 saturated heterocycles. The van der Waals surface area contributed by atoms with E-state index in [1.807, 2.05) is 19.1 Å². The molecule has 0 bridgehead atoms. The van der Waals surface area contributed by atoms with Crippen LogP contribution in [0, 0.1) is 6.92 Å². The molecule has 0 aliphatic carbocycles. The van der Waals surface area contributed by atoms with Gasteiger partial charge in [-0.15, -0.1) is 0 Å². The molecule has 0 radical (unpaired) electrons. The SMILES string of the molecule is COc1cc(C)ccc1OCC(=O)Nc1ccn[nH]1. The van der Waals surface area contributed by atoms with Gasteiger partial charge in [-0.2, -0.15) is 5.10 Å². The third-order valence-electron chi connectivity index (χ3n) is 2.45. The Bertz CT molecular complexity index is 552. The summed E-state index contributed by atoms with van der Waals surface area (Å²) >= 11 is 0. The van der Waals surface area contributed by atoms with E-state index in [2.05, 4.69) is 15.5 Å². The third kappa shape index (κ3) is 3.48. The molecule has 0 aliphatic rings. The van der Waals surface area contributed by atoms with Crippen LogP contribution >= 0.6 is 0 Å². The number of benzene rings is 1. The minimum Gasteiger partial charge on any atom is -0.493 e. The van der Waals surface area contributed by atoms with E-state index in [1.165, 1.54) is 0 Å². The lowest BCUT2D eigenvalue weighted by Crippen LogP contribution is -2.20. The van der Waals surface area contributed by atoms with Crippen LogP contribution in [0.1, 0.15) is 5.56 Å². The lowest BCUT2D eigenvalue weighted by Gasteiger charge is -2.10. The lowest BCUT2D eigenvalue weighted by molar-refractivity contribution is -0.118. The summed E-state index contributed by atoms with van der Waals surface area (Å²) in [5, 5.41) is 8.98. The van der Waals surface area contributed by atoms with E-state index in [4.69, 9.17) is 9.47 Å². The van der Waals surface area contributed by atoms with Crippen LogP contribution in [0.3, 0.4) is 0 Å². The molecule has 2 rings (SSSR count). The van der Waals surface area contributed by atoms with Gasteiger partial charge >= 0.3 is 0 Å². The number of H-pyrrole nitrogens is 1. The summed E-state index contributed by atoms with van der Waals surface area (Å²) in [6, 6.07) is 7.18. The van der Waals surface area contributed by atoms with Crippen molar-refractivity contribution in [2.45, 2.75) is 6.92 Å². The Morgan fingerprint density at radius 2 is 2.21 bits per heavy atom. The van der Waals surface area contributed by atoms with Gasteiger partial charge in [-0.25, -0.2) is 0 Å². The average molecular weight is 261 g/mol. The van der Waals surface area contributed by atoms with Crippen LogP contribution in [0.4, 0.5) is 5.82 Å². The molecular weight excluding hydrogens is 246 g/mol. The monoisotopic (exact) mass is 261 g/mol. The van der Waals surface area contributed by atoms with Crippen LogP contribution in [0.25, 0.3) is 0 Å². The van der Waals surface area contributed by atoms with Crippen LogP contribution < -0.4 is 14.8 Å².